The van der Waals surface area contributed by atoms with E-state index in [-0.39, 0.29) is 6.10 Å². The molecular formula is C16H23N4OS+. The molecule has 22 heavy (non-hydrogen) atoms. The predicted molar refractivity (Wildman–Crippen MR) is 88.1 cm³/mol. The molecule has 5 nitrogen and oxygen atoms in total. The highest BCUT2D eigenvalue weighted by Crippen LogP contribution is 2.20. The molecule has 0 aliphatic carbocycles. The average Bonchev–Trinajstić information content (AvgIpc) is 2.76. The lowest BCUT2D eigenvalue weighted by Crippen LogP contribution is -3.13. The normalized spacial score (nSPS) is 22.0. The van der Waals surface area contributed by atoms with Crippen molar-refractivity contribution in [3.8, 4) is 11.4 Å². The lowest BCUT2D eigenvalue weighted by Gasteiger charge is -2.26. The number of nitrogens with zero attached hydrogens (tertiary/aromatic N) is 3. The maximum absolute atomic E-state index is 9.82. The van der Waals surface area contributed by atoms with Gasteiger partial charge in [-0.25, -0.2) is 0 Å². The standard InChI is InChI=1S/C16H22N4OS/c1-12-6-3-4-8-14(12)15-17-20(16(22)18(15)2)11-19-9-5-7-13(21)10-19/h3-4,6,8,13,21H,5,7,9-11H2,1-2H3/p+1/t13-/m0/s1. The maximum atomic E-state index is 9.82. The minimum absolute atomic E-state index is 0.197. The van der Waals surface area contributed by atoms with E-state index in [2.05, 4.69) is 19.1 Å². The van der Waals surface area contributed by atoms with Crippen LogP contribution in [0.5, 0.6) is 0 Å². The van der Waals surface area contributed by atoms with Crippen LogP contribution in [0.2, 0.25) is 0 Å². The number of likely N-dealkylation sites (tertiary alicyclic amines) is 1. The molecule has 2 aromatic rings. The number of aliphatic hydroxyl groups is 1. The molecule has 1 aliphatic heterocycles. The summed E-state index contributed by atoms with van der Waals surface area (Å²) in [7, 11) is 1.97. The van der Waals surface area contributed by atoms with Crippen LogP contribution in [0.25, 0.3) is 11.4 Å². The first kappa shape index (κ1) is 15.4. The maximum Gasteiger partial charge on any atom is 0.202 e. The fourth-order valence-electron chi connectivity index (χ4n) is 3.13. The van der Waals surface area contributed by atoms with Crippen LogP contribution in [0.4, 0.5) is 0 Å². The van der Waals surface area contributed by atoms with Gasteiger partial charge in [0.25, 0.3) is 0 Å². The molecule has 1 aromatic carbocycles. The van der Waals surface area contributed by atoms with Crippen molar-refractivity contribution in [2.45, 2.75) is 32.5 Å². The second kappa shape index (κ2) is 6.32. The quantitative estimate of drug-likeness (QED) is 0.827. The smallest absolute Gasteiger partial charge is 0.202 e. The van der Waals surface area contributed by atoms with E-state index in [1.807, 2.05) is 28.4 Å². The van der Waals surface area contributed by atoms with Crippen LogP contribution in [-0.4, -0.2) is 38.6 Å². The topological polar surface area (TPSA) is 47.4 Å². The molecule has 0 bridgehead atoms. The molecule has 1 aliphatic rings. The number of nitrogens with one attached hydrogen (secondary N) is 1. The third kappa shape index (κ3) is 2.99. The van der Waals surface area contributed by atoms with Gasteiger partial charge in [0.1, 0.15) is 12.6 Å². The van der Waals surface area contributed by atoms with E-state index >= 15 is 0 Å². The Hall–Kier alpha value is -1.50. The molecule has 2 heterocycles. The van der Waals surface area contributed by atoms with Gasteiger partial charge >= 0.3 is 0 Å². The summed E-state index contributed by atoms with van der Waals surface area (Å²) < 4.78 is 4.59. The van der Waals surface area contributed by atoms with Crippen molar-refractivity contribution in [1.29, 1.82) is 0 Å². The second-order valence-electron chi connectivity index (χ2n) is 6.14. The SMILES string of the molecule is Cc1ccccc1-c1nn(C[NH+]2CCC[C@H](O)C2)c(=S)n1C. The number of hydrogen-bond acceptors (Lipinski definition) is 3. The van der Waals surface area contributed by atoms with Gasteiger partial charge in [0.05, 0.1) is 6.54 Å². The molecule has 0 amide bonds. The van der Waals surface area contributed by atoms with Crippen molar-refractivity contribution in [2.24, 2.45) is 7.05 Å². The summed E-state index contributed by atoms with van der Waals surface area (Å²) in [5.74, 6) is 0.903. The van der Waals surface area contributed by atoms with Gasteiger partial charge in [-0.2, -0.15) is 4.68 Å². The molecule has 1 saturated heterocycles. The lowest BCUT2D eigenvalue weighted by atomic mass is 10.1. The van der Waals surface area contributed by atoms with Crippen molar-refractivity contribution in [3.63, 3.8) is 0 Å². The van der Waals surface area contributed by atoms with Crippen LogP contribution in [-0.2, 0) is 13.7 Å². The van der Waals surface area contributed by atoms with Crippen LogP contribution in [0, 0.1) is 11.7 Å². The fraction of sp³-hybridized carbons (Fsp3) is 0.500. The molecular weight excluding hydrogens is 296 g/mol. The molecule has 3 rings (SSSR count). The van der Waals surface area contributed by atoms with Crippen molar-refractivity contribution >= 4 is 12.2 Å². The van der Waals surface area contributed by atoms with Crippen molar-refractivity contribution in [1.82, 2.24) is 14.3 Å². The summed E-state index contributed by atoms with van der Waals surface area (Å²) >= 11 is 5.54. The number of benzene rings is 1. The zero-order valence-electron chi connectivity index (χ0n) is 13.1. The average molecular weight is 319 g/mol. The molecule has 1 fully saturated rings. The number of rotatable bonds is 3. The highest BCUT2D eigenvalue weighted by molar-refractivity contribution is 7.71. The molecule has 0 saturated carbocycles. The molecule has 1 unspecified atom stereocenters. The number of aromatic nitrogens is 3. The van der Waals surface area contributed by atoms with E-state index in [0.29, 0.717) is 0 Å². The van der Waals surface area contributed by atoms with Gasteiger partial charge in [-0.05, 0) is 37.5 Å². The number of aliphatic hydroxyl groups excluding tert-OH is 1. The Morgan fingerprint density at radius 2 is 2.18 bits per heavy atom. The van der Waals surface area contributed by atoms with E-state index in [1.54, 1.807) is 0 Å². The minimum atomic E-state index is -0.197. The lowest BCUT2D eigenvalue weighted by molar-refractivity contribution is -0.931. The van der Waals surface area contributed by atoms with Crippen LogP contribution >= 0.6 is 12.2 Å². The van der Waals surface area contributed by atoms with Crippen LogP contribution in [0.1, 0.15) is 18.4 Å². The van der Waals surface area contributed by atoms with Crippen molar-refractivity contribution in [3.05, 3.63) is 34.6 Å². The number of aryl methyl sites for hydroxylation is 1. The summed E-state index contributed by atoms with van der Waals surface area (Å²) in [6.45, 7) is 4.65. The monoisotopic (exact) mass is 319 g/mol. The molecule has 118 valence electrons. The third-order valence-corrected chi connectivity index (χ3v) is 4.88. The zero-order chi connectivity index (χ0) is 15.7. The first-order valence-corrected chi connectivity index (χ1v) is 8.18. The predicted octanol–water partition coefficient (Wildman–Crippen LogP) is 0.924. The van der Waals surface area contributed by atoms with Gasteiger partial charge in [-0.3, -0.25) is 0 Å². The second-order valence-corrected chi connectivity index (χ2v) is 6.50. The summed E-state index contributed by atoms with van der Waals surface area (Å²) in [4.78, 5) is 1.34. The Labute approximate surface area is 135 Å². The third-order valence-electron chi connectivity index (χ3n) is 4.39. The van der Waals surface area contributed by atoms with Crippen LogP contribution < -0.4 is 4.90 Å². The largest absolute Gasteiger partial charge is 0.387 e. The van der Waals surface area contributed by atoms with Crippen LogP contribution in [0.3, 0.4) is 0 Å². The molecule has 0 spiro atoms. The Bertz CT molecular complexity index is 721. The summed E-state index contributed by atoms with van der Waals surface area (Å²) in [6, 6.07) is 8.22. The first-order valence-electron chi connectivity index (χ1n) is 7.77. The van der Waals surface area contributed by atoms with E-state index in [9.17, 15) is 5.11 Å². The molecule has 2 atom stereocenters. The van der Waals surface area contributed by atoms with E-state index < -0.39 is 0 Å². The van der Waals surface area contributed by atoms with E-state index in [4.69, 9.17) is 17.3 Å². The van der Waals surface area contributed by atoms with Gasteiger partial charge in [0.15, 0.2) is 12.5 Å². The fourth-order valence-corrected chi connectivity index (χ4v) is 3.32. The van der Waals surface area contributed by atoms with Gasteiger partial charge < -0.3 is 14.6 Å². The first-order chi connectivity index (χ1) is 10.6. The Morgan fingerprint density at radius 1 is 1.41 bits per heavy atom. The molecule has 0 radical (unpaired) electrons. The van der Waals surface area contributed by atoms with Gasteiger partial charge in [-0.15, -0.1) is 5.10 Å². The summed E-state index contributed by atoms with van der Waals surface area (Å²) in [5.41, 5.74) is 2.31. The Morgan fingerprint density at radius 3 is 2.91 bits per heavy atom. The van der Waals surface area contributed by atoms with Gasteiger partial charge in [0, 0.05) is 12.6 Å². The summed E-state index contributed by atoms with van der Waals surface area (Å²) in [6.07, 6.45) is 1.77. The van der Waals surface area contributed by atoms with Gasteiger partial charge in [0.2, 0.25) is 4.77 Å². The Kier molecular flexibility index (Phi) is 4.42. The van der Waals surface area contributed by atoms with Crippen molar-refractivity contribution < 1.29 is 10.0 Å². The molecule has 2 N–H and O–H groups in total. The van der Waals surface area contributed by atoms with E-state index in [1.165, 1.54) is 10.5 Å². The number of piperidine rings is 1. The molecule has 6 heteroatoms. The zero-order valence-corrected chi connectivity index (χ0v) is 13.9. The number of hydrogen-bond donors (Lipinski definition) is 2. The molecule has 1 aromatic heterocycles. The highest BCUT2D eigenvalue weighted by Gasteiger charge is 2.22. The summed E-state index contributed by atoms with van der Waals surface area (Å²) in [5, 5.41) is 14.6. The highest BCUT2D eigenvalue weighted by atomic mass is 32.1. The van der Waals surface area contributed by atoms with Crippen LogP contribution in [0.15, 0.2) is 24.3 Å². The van der Waals surface area contributed by atoms with E-state index in [0.717, 1.165) is 48.8 Å². The van der Waals surface area contributed by atoms with Crippen molar-refractivity contribution in [2.75, 3.05) is 13.1 Å². The van der Waals surface area contributed by atoms with Gasteiger partial charge in [-0.1, -0.05) is 24.3 Å². The minimum Gasteiger partial charge on any atom is -0.387 e. The Balaban J connectivity index is 1.90. The number of quaternary nitrogens is 1.